The number of carbonyl (C=O) groups excluding carboxylic acids is 1. The Morgan fingerprint density at radius 3 is 2.62 bits per heavy atom. The topological polar surface area (TPSA) is 59.2 Å². The molecule has 0 N–H and O–H groups in total. The fourth-order valence-corrected chi connectivity index (χ4v) is 2.87. The molecule has 0 aliphatic carbocycles. The number of amides is 1. The summed E-state index contributed by atoms with van der Waals surface area (Å²) in [4.78, 5) is 16.5. The molecule has 3 heterocycles. The van der Waals surface area contributed by atoms with Crippen LogP contribution in [0.4, 0.5) is 0 Å². The first-order chi connectivity index (χ1) is 11.6. The van der Waals surface area contributed by atoms with Crippen LogP contribution in [0.2, 0.25) is 0 Å². The predicted octanol–water partition coefficient (Wildman–Crippen LogP) is 2.88. The predicted molar refractivity (Wildman–Crippen MR) is 89.3 cm³/mol. The highest BCUT2D eigenvalue weighted by atomic mass is 16.5. The van der Waals surface area contributed by atoms with E-state index in [1.807, 2.05) is 66.1 Å². The molecule has 0 fully saturated rings. The van der Waals surface area contributed by atoms with Gasteiger partial charge in [-0.2, -0.15) is 5.01 Å². The monoisotopic (exact) mass is 320 g/mol. The molecule has 2 aromatic heterocycles. The summed E-state index contributed by atoms with van der Waals surface area (Å²) in [6.07, 6.45) is 1.34. The molecule has 0 saturated heterocycles. The van der Waals surface area contributed by atoms with Crippen LogP contribution in [0.15, 0.2) is 59.8 Å². The van der Waals surface area contributed by atoms with Crippen LogP contribution in [0.1, 0.15) is 30.1 Å². The molecule has 24 heavy (non-hydrogen) atoms. The third-order valence-corrected chi connectivity index (χ3v) is 3.96. The molecule has 3 aromatic rings. The van der Waals surface area contributed by atoms with Gasteiger partial charge in [-0.1, -0.05) is 36.4 Å². The van der Waals surface area contributed by atoms with Crippen LogP contribution in [0, 0.1) is 6.92 Å². The van der Waals surface area contributed by atoms with Gasteiger partial charge in [-0.05, 0) is 19.1 Å². The number of rotatable bonds is 2. The number of carbonyl (C=O) groups is 1. The molecule has 6 heteroatoms. The van der Waals surface area contributed by atoms with E-state index in [1.165, 1.54) is 11.9 Å². The molecule has 0 spiro atoms. The number of hydrazone groups is 1. The van der Waals surface area contributed by atoms with Crippen molar-refractivity contribution in [3.8, 4) is 0 Å². The molecule has 1 atom stereocenters. The highest BCUT2D eigenvalue weighted by molar-refractivity contribution is 5.96. The molecule has 6 nitrogen and oxygen atoms in total. The summed E-state index contributed by atoms with van der Waals surface area (Å²) >= 11 is 0. The average molecular weight is 320 g/mol. The number of aryl methyl sites for hydroxylation is 1. The van der Waals surface area contributed by atoms with Gasteiger partial charge in [0, 0.05) is 18.7 Å². The molecule has 1 unspecified atom stereocenters. The van der Waals surface area contributed by atoms with E-state index in [2.05, 4.69) is 10.1 Å². The Labute approximate surface area is 139 Å². The van der Waals surface area contributed by atoms with Crippen LogP contribution in [0.25, 0.3) is 5.65 Å². The van der Waals surface area contributed by atoms with Crippen molar-refractivity contribution >= 4 is 17.5 Å². The summed E-state index contributed by atoms with van der Waals surface area (Å²) in [5, 5.41) is 5.78. The Morgan fingerprint density at radius 1 is 1.12 bits per heavy atom. The summed E-state index contributed by atoms with van der Waals surface area (Å²) < 4.78 is 7.97. The highest BCUT2D eigenvalue weighted by Gasteiger charge is 2.34. The summed E-state index contributed by atoms with van der Waals surface area (Å²) in [6, 6.07) is 15.3. The normalized spacial score (nSPS) is 17.0. The van der Waals surface area contributed by atoms with Gasteiger partial charge in [0.2, 0.25) is 12.1 Å². The number of hydrogen-bond donors (Lipinski definition) is 0. The number of pyridine rings is 1. The van der Waals surface area contributed by atoms with Gasteiger partial charge in [-0.15, -0.1) is 5.10 Å². The zero-order valence-corrected chi connectivity index (χ0v) is 13.4. The summed E-state index contributed by atoms with van der Waals surface area (Å²) in [6.45, 7) is 3.38. The van der Waals surface area contributed by atoms with Crippen LogP contribution < -0.4 is 0 Å². The molecule has 120 valence electrons. The van der Waals surface area contributed by atoms with E-state index in [0.29, 0.717) is 5.90 Å². The molecule has 1 aliphatic rings. The van der Waals surface area contributed by atoms with Gasteiger partial charge in [-0.25, -0.2) is 4.98 Å². The maximum Gasteiger partial charge on any atom is 0.260 e. The van der Waals surface area contributed by atoms with E-state index in [0.717, 1.165) is 22.6 Å². The summed E-state index contributed by atoms with van der Waals surface area (Å²) in [7, 11) is 0. The van der Waals surface area contributed by atoms with E-state index in [-0.39, 0.29) is 5.91 Å². The molecule has 0 bridgehead atoms. The first-order valence-corrected chi connectivity index (χ1v) is 7.69. The molecular weight excluding hydrogens is 304 g/mol. The lowest BCUT2D eigenvalue weighted by Gasteiger charge is -2.19. The van der Waals surface area contributed by atoms with Crippen LogP contribution in [-0.4, -0.2) is 26.2 Å². The van der Waals surface area contributed by atoms with E-state index < -0.39 is 6.23 Å². The molecule has 0 saturated carbocycles. The SMILES string of the molecule is CC(=O)N1N=C(c2c(C)nc3ccccn23)OC1c1ccccc1. The molecule has 1 aliphatic heterocycles. The minimum absolute atomic E-state index is 0.176. The molecule has 4 rings (SSSR count). The van der Waals surface area contributed by atoms with E-state index in [9.17, 15) is 4.79 Å². The Balaban J connectivity index is 1.80. The number of benzene rings is 1. The number of hydrogen-bond acceptors (Lipinski definition) is 4. The van der Waals surface area contributed by atoms with Crippen LogP contribution in [0.5, 0.6) is 0 Å². The van der Waals surface area contributed by atoms with Crippen molar-refractivity contribution in [2.24, 2.45) is 5.10 Å². The van der Waals surface area contributed by atoms with E-state index in [4.69, 9.17) is 4.74 Å². The smallest absolute Gasteiger partial charge is 0.260 e. The quantitative estimate of drug-likeness (QED) is 0.729. The van der Waals surface area contributed by atoms with Crippen molar-refractivity contribution in [1.29, 1.82) is 0 Å². The van der Waals surface area contributed by atoms with Crippen LogP contribution in [-0.2, 0) is 9.53 Å². The first-order valence-electron chi connectivity index (χ1n) is 7.69. The minimum Gasteiger partial charge on any atom is -0.445 e. The second kappa shape index (κ2) is 5.49. The van der Waals surface area contributed by atoms with E-state index >= 15 is 0 Å². The van der Waals surface area contributed by atoms with Gasteiger partial charge < -0.3 is 4.74 Å². The zero-order valence-electron chi connectivity index (χ0n) is 13.4. The Hall–Kier alpha value is -3.15. The lowest BCUT2D eigenvalue weighted by Crippen LogP contribution is -2.25. The fraction of sp³-hybridized carbons (Fsp3) is 0.167. The van der Waals surface area contributed by atoms with Crippen LogP contribution in [0.3, 0.4) is 0 Å². The lowest BCUT2D eigenvalue weighted by molar-refractivity contribution is -0.135. The van der Waals surface area contributed by atoms with Crippen molar-refractivity contribution in [3.63, 3.8) is 0 Å². The minimum atomic E-state index is -0.563. The molecular formula is C18H16N4O2. The number of ether oxygens (including phenoxy) is 1. The standard InChI is InChI=1S/C18H16N4O2/c1-12-16(21-11-7-6-10-15(21)19-12)17-20-22(13(2)23)18(24-17)14-8-4-3-5-9-14/h3-11,18H,1-2H3. The summed E-state index contributed by atoms with van der Waals surface area (Å²) in [5.74, 6) is 0.223. The summed E-state index contributed by atoms with van der Waals surface area (Å²) in [5.41, 5.74) is 3.25. The van der Waals surface area contributed by atoms with E-state index in [1.54, 1.807) is 0 Å². The number of fused-ring (bicyclic) bond motifs is 1. The van der Waals surface area contributed by atoms with Gasteiger partial charge in [-0.3, -0.25) is 9.20 Å². The lowest BCUT2D eigenvalue weighted by atomic mass is 10.2. The van der Waals surface area contributed by atoms with Gasteiger partial charge in [0.1, 0.15) is 11.3 Å². The third kappa shape index (κ3) is 2.23. The Bertz CT molecular complexity index is 946. The maximum absolute atomic E-state index is 12.0. The maximum atomic E-state index is 12.0. The molecule has 1 aromatic carbocycles. The van der Waals surface area contributed by atoms with Crippen molar-refractivity contribution in [2.45, 2.75) is 20.1 Å². The van der Waals surface area contributed by atoms with Gasteiger partial charge >= 0.3 is 0 Å². The van der Waals surface area contributed by atoms with Crippen molar-refractivity contribution in [1.82, 2.24) is 14.4 Å². The van der Waals surface area contributed by atoms with Gasteiger partial charge in [0.05, 0.1) is 5.69 Å². The zero-order chi connectivity index (χ0) is 16.7. The largest absolute Gasteiger partial charge is 0.445 e. The second-order valence-corrected chi connectivity index (χ2v) is 5.62. The van der Waals surface area contributed by atoms with Crippen molar-refractivity contribution in [2.75, 3.05) is 0 Å². The molecule has 0 radical (unpaired) electrons. The van der Waals surface area contributed by atoms with Crippen molar-refractivity contribution < 1.29 is 9.53 Å². The van der Waals surface area contributed by atoms with Gasteiger partial charge in [0.25, 0.3) is 5.90 Å². The second-order valence-electron chi connectivity index (χ2n) is 5.62. The van der Waals surface area contributed by atoms with Crippen molar-refractivity contribution in [3.05, 3.63) is 71.7 Å². The fourth-order valence-electron chi connectivity index (χ4n) is 2.87. The number of aromatic nitrogens is 2. The Kier molecular flexibility index (Phi) is 3.30. The average Bonchev–Trinajstić information content (AvgIpc) is 3.16. The number of imidazole rings is 1. The highest BCUT2D eigenvalue weighted by Crippen LogP contribution is 2.31. The number of nitrogens with zero attached hydrogens (tertiary/aromatic N) is 4. The van der Waals surface area contributed by atoms with Crippen LogP contribution >= 0.6 is 0 Å². The first kappa shape index (κ1) is 14.4. The van der Waals surface area contributed by atoms with Gasteiger partial charge in [0.15, 0.2) is 0 Å². The Morgan fingerprint density at radius 2 is 1.88 bits per heavy atom. The third-order valence-electron chi connectivity index (χ3n) is 3.96. The molecule has 1 amide bonds.